The zero-order valence-electron chi connectivity index (χ0n) is 16.5. The summed E-state index contributed by atoms with van der Waals surface area (Å²) in [6.45, 7) is 4.67. The van der Waals surface area contributed by atoms with Crippen LogP contribution in [0.2, 0.25) is 0 Å². The number of aromatic nitrogens is 1. The molecule has 0 unspecified atom stereocenters. The third-order valence-corrected chi connectivity index (χ3v) is 5.80. The number of nitrogens with zero attached hydrogens (tertiary/aromatic N) is 3. The molecule has 0 aliphatic carbocycles. The molecule has 1 fully saturated rings. The first-order valence-corrected chi connectivity index (χ1v) is 10.2. The normalized spacial score (nSPS) is 15.2. The molecule has 8 heteroatoms. The number of hydrogen-bond acceptors (Lipinski definition) is 6. The van der Waals surface area contributed by atoms with Gasteiger partial charge in [-0.15, -0.1) is 11.3 Å². The fourth-order valence-corrected chi connectivity index (χ4v) is 3.92. The van der Waals surface area contributed by atoms with Crippen molar-refractivity contribution in [3.05, 3.63) is 40.3 Å². The van der Waals surface area contributed by atoms with Crippen molar-refractivity contribution in [2.75, 3.05) is 37.5 Å². The molecule has 1 saturated heterocycles. The Balaban J connectivity index is 1.48. The Hall–Kier alpha value is -2.45. The van der Waals surface area contributed by atoms with Crippen molar-refractivity contribution in [2.24, 2.45) is 5.92 Å². The fourth-order valence-electron chi connectivity index (χ4n) is 3.32. The highest BCUT2D eigenvalue weighted by Gasteiger charge is 2.25. The molecule has 28 heavy (non-hydrogen) atoms. The molecule has 1 N–H and O–H groups in total. The molecular formula is C20H26N4O3S. The molecule has 3 rings (SSSR count). The summed E-state index contributed by atoms with van der Waals surface area (Å²) in [5, 5.41) is 6.18. The van der Waals surface area contributed by atoms with Gasteiger partial charge in [-0.3, -0.25) is 14.6 Å². The van der Waals surface area contributed by atoms with Crippen LogP contribution >= 0.6 is 11.3 Å². The molecular weight excluding hydrogens is 376 g/mol. The lowest BCUT2D eigenvalue weighted by atomic mass is 9.95. The van der Waals surface area contributed by atoms with Crippen LogP contribution in [-0.2, 0) is 16.1 Å². The summed E-state index contributed by atoms with van der Waals surface area (Å²) >= 11 is 1.67. The van der Waals surface area contributed by atoms with Gasteiger partial charge in [-0.05, 0) is 57.1 Å². The molecule has 1 aromatic carbocycles. The van der Waals surface area contributed by atoms with Gasteiger partial charge in [-0.25, -0.2) is 9.78 Å². The van der Waals surface area contributed by atoms with Crippen molar-refractivity contribution >= 4 is 34.7 Å². The van der Waals surface area contributed by atoms with Crippen molar-refractivity contribution in [2.45, 2.75) is 26.3 Å². The second-order valence-corrected chi connectivity index (χ2v) is 8.04. The van der Waals surface area contributed by atoms with Crippen molar-refractivity contribution in [1.82, 2.24) is 9.88 Å². The van der Waals surface area contributed by atoms with Crippen LogP contribution < -0.4 is 10.2 Å². The monoisotopic (exact) mass is 402 g/mol. The van der Waals surface area contributed by atoms with Crippen molar-refractivity contribution < 1.29 is 14.3 Å². The highest BCUT2D eigenvalue weighted by Crippen LogP contribution is 2.23. The summed E-state index contributed by atoms with van der Waals surface area (Å²) in [5.41, 5.74) is 2.55. The first kappa shape index (κ1) is 20.3. The second kappa shape index (κ2) is 9.16. The first-order valence-electron chi connectivity index (χ1n) is 9.32. The molecule has 0 radical (unpaired) electrons. The van der Waals surface area contributed by atoms with Crippen molar-refractivity contribution in [3.63, 3.8) is 0 Å². The Labute approximate surface area is 169 Å². The smallest absolute Gasteiger partial charge is 0.413 e. The average Bonchev–Trinajstić information content (AvgIpc) is 3.12. The van der Waals surface area contributed by atoms with Gasteiger partial charge in [0.05, 0.1) is 17.8 Å². The number of piperidine rings is 1. The van der Waals surface area contributed by atoms with Crippen LogP contribution in [-0.4, -0.2) is 49.1 Å². The molecule has 150 valence electrons. The predicted molar refractivity (Wildman–Crippen MR) is 111 cm³/mol. The third-order valence-electron chi connectivity index (χ3n) is 4.98. The number of aryl methyl sites for hydroxylation is 1. The van der Waals surface area contributed by atoms with Gasteiger partial charge in [0, 0.05) is 36.3 Å². The van der Waals surface area contributed by atoms with Gasteiger partial charge in [-0.2, -0.15) is 0 Å². The highest BCUT2D eigenvalue weighted by molar-refractivity contribution is 7.09. The Morgan fingerprint density at radius 1 is 1.29 bits per heavy atom. The molecule has 1 aromatic heterocycles. The number of ether oxygens (including phenoxy) is 1. The van der Waals surface area contributed by atoms with Gasteiger partial charge >= 0.3 is 6.09 Å². The maximum Gasteiger partial charge on any atom is 0.413 e. The number of thiazole rings is 1. The third kappa shape index (κ3) is 5.08. The number of rotatable bonds is 5. The van der Waals surface area contributed by atoms with E-state index in [1.807, 2.05) is 6.92 Å². The van der Waals surface area contributed by atoms with Gasteiger partial charge in [0.15, 0.2) is 0 Å². The van der Waals surface area contributed by atoms with Crippen molar-refractivity contribution in [1.29, 1.82) is 0 Å². The molecule has 2 amide bonds. The molecule has 2 aromatic rings. The van der Waals surface area contributed by atoms with E-state index < -0.39 is 6.09 Å². The van der Waals surface area contributed by atoms with E-state index in [0.717, 1.165) is 48.9 Å². The summed E-state index contributed by atoms with van der Waals surface area (Å²) in [7, 11) is 2.98. The molecule has 1 aliphatic rings. The maximum absolute atomic E-state index is 12.6. The van der Waals surface area contributed by atoms with Crippen molar-refractivity contribution in [3.8, 4) is 0 Å². The molecule has 0 saturated carbocycles. The van der Waals surface area contributed by atoms with Gasteiger partial charge in [0.1, 0.15) is 0 Å². The van der Waals surface area contributed by atoms with Crippen LogP contribution in [0.1, 0.15) is 23.5 Å². The van der Waals surface area contributed by atoms with E-state index in [0.29, 0.717) is 5.69 Å². The Morgan fingerprint density at radius 2 is 1.96 bits per heavy atom. The number of carbonyl (C=O) groups is 2. The molecule has 0 bridgehead atoms. The standard InChI is InChI=1S/C20H26N4O3S/c1-14-21-17(13-28-14)12-24-10-8-15(9-11-24)19(25)22-16-4-6-18(7-5-16)23(2)20(26)27-3/h4-7,13,15H,8-12H2,1-3H3,(H,22,25). The van der Waals surface area contributed by atoms with Gasteiger partial charge in [0.25, 0.3) is 0 Å². The van der Waals surface area contributed by atoms with E-state index in [1.165, 1.54) is 12.0 Å². The number of hydrogen-bond donors (Lipinski definition) is 1. The average molecular weight is 403 g/mol. The van der Waals surface area contributed by atoms with Gasteiger partial charge in [-0.1, -0.05) is 0 Å². The lowest BCUT2D eigenvalue weighted by Gasteiger charge is -2.30. The van der Waals surface area contributed by atoms with E-state index in [4.69, 9.17) is 4.74 Å². The largest absolute Gasteiger partial charge is 0.452 e. The number of carbonyl (C=O) groups excluding carboxylic acids is 2. The molecule has 2 heterocycles. The minimum absolute atomic E-state index is 0.0193. The van der Waals surface area contributed by atoms with E-state index in [2.05, 4.69) is 20.6 Å². The maximum atomic E-state index is 12.6. The van der Waals surface area contributed by atoms with Crippen LogP contribution in [0, 0.1) is 12.8 Å². The van der Waals surface area contributed by atoms with Crippen LogP contribution in [0.3, 0.4) is 0 Å². The minimum Gasteiger partial charge on any atom is -0.452 e. The highest BCUT2D eigenvalue weighted by atomic mass is 32.1. The van der Waals surface area contributed by atoms with E-state index in [-0.39, 0.29) is 11.8 Å². The molecule has 0 spiro atoms. The number of likely N-dealkylation sites (tertiary alicyclic amines) is 1. The Bertz CT molecular complexity index is 813. The number of benzene rings is 1. The summed E-state index contributed by atoms with van der Waals surface area (Å²) in [6.07, 6.45) is 1.26. The van der Waals surface area contributed by atoms with E-state index in [9.17, 15) is 9.59 Å². The quantitative estimate of drug-likeness (QED) is 0.828. The van der Waals surface area contributed by atoms with E-state index >= 15 is 0 Å². The van der Waals surface area contributed by atoms with Crippen LogP contribution in [0.4, 0.5) is 16.2 Å². The summed E-state index contributed by atoms with van der Waals surface area (Å²) in [5.74, 6) is 0.0732. The number of methoxy groups -OCH3 is 1. The predicted octanol–water partition coefficient (Wildman–Crippen LogP) is 3.50. The SMILES string of the molecule is COC(=O)N(C)c1ccc(NC(=O)C2CCN(Cc3csc(C)n3)CC2)cc1. The van der Waals surface area contributed by atoms with Crippen LogP contribution in [0.5, 0.6) is 0 Å². The number of nitrogens with one attached hydrogen (secondary N) is 1. The fraction of sp³-hybridized carbons (Fsp3) is 0.450. The molecule has 1 aliphatic heterocycles. The zero-order chi connectivity index (χ0) is 20.1. The second-order valence-electron chi connectivity index (χ2n) is 6.97. The minimum atomic E-state index is -0.434. The summed E-state index contributed by atoms with van der Waals surface area (Å²) in [6, 6.07) is 7.16. The zero-order valence-corrected chi connectivity index (χ0v) is 17.3. The lowest BCUT2D eigenvalue weighted by Crippen LogP contribution is -2.37. The first-order chi connectivity index (χ1) is 13.5. The van der Waals surface area contributed by atoms with Gasteiger partial charge in [0.2, 0.25) is 5.91 Å². The van der Waals surface area contributed by atoms with E-state index in [1.54, 1.807) is 42.6 Å². The number of anilines is 2. The summed E-state index contributed by atoms with van der Waals surface area (Å²) < 4.78 is 4.70. The lowest BCUT2D eigenvalue weighted by molar-refractivity contribution is -0.121. The Kier molecular flexibility index (Phi) is 6.64. The topological polar surface area (TPSA) is 74.8 Å². The van der Waals surface area contributed by atoms with Gasteiger partial charge < -0.3 is 10.1 Å². The Morgan fingerprint density at radius 3 is 2.54 bits per heavy atom. The van der Waals surface area contributed by atoms with Crippen LogP contribution in [0.15, 0.2) is 29.6 Å². The molecule has 0 atom stereocenters. The van der Waals surface area contributed by atoms with Crippen LogP contribution in [0.25, 0.3) is 0 Å². The molecule has 7 nitrogen and oxygen atoms in total. The summed E-state index contributed by atoms with van der Waals surface area (Å²) in [4.78, 5) is 32.4. The number of amides is 2.